The first kappa shape index (κ1) is 15.6. The van der Waals surface area contributed by atoms with E-state index in [1.54, 1.807) is 14.2 Å². The molecule has 0 amide bonds. The number of aryl methyl sites for hydroxylation is 1. The molecule has 2 aromatic carbocycles. The largest absolute Gasteiger partial charge is 0.493 e. The topological polar surface area (TPSA) is 30.8 Å². The van der Waals surface area contributed by atoms with Crippen molar-refractivity contribution in [3.63, 3.8) is 0 Å². The number of methoxy groups -OCH3 is 2. The maximum atomic E-state index is 5.32. The van der Waals surface area contributed by atoms with Crippen LogP contribution in [0, 0.1) is 13.8 Å². The Balaban J connectivity index is 2.39. The Morgan fingerprint density at radius 1 is 1.05 bits per heavy atom. The summed E-state index contributed by atoms with van der Waals surface area (Å²) in [6.07, 6.45) is 1.83. The minimum atomic E-state index is 0.683. The Labute approximate surface area is 133 Å². The molecule has 21 heavy (non-hydrogen) atoms. The van der Waals surface area contributed by atoms with Crippen molar-refractivity contribution >= 4 is 27.8 Å². The fourth-order valence-electron chi connectivity index (χ4n) is 1.98. The molecule has 3 nitrogen and oxygen atoms in total. The molecule has 110 valence electrons. The van der Waals surface area contributed by atoms with Crippen LogP contribution in [0.1, 0.15) is 16.7 Å². The zero-order valence-electron chi connectivity index (χ0n) is 12.6. The van der Waals surface area contributed by atoms with Crippen LogP contribution < -0.4 is 9.47 Å². The van der Waals surface area contributed by atoms with Crippen molar-refractivity contribution in [2.75, 3.05) is 14.2 Å². The van der Waals surface area contributed by atoms with Crippen LogP contribution >= 0.6 is 15.9 Å². The van der Waals surface area contributed by atoms with Gasteiger partial charge < -0.3 is 9.47 Å². The van der Waals surface area contributed by atoms with E-state index < -0.39 is 0 Å². The maximum Gasteiger partial charge on any atom is 0.161 e. The van der Waals surface area contributed by atoms with Crippen molar-refractivity contribution in [3.05, 3.63) is 51.5 Å². The first-order valence-electron chi connectivity index (χ1n) is 6.58. The van der Waals surface area contributed by atoms with Gasteiger partial charge in [-0.15, -0.1) is 0 Å². The van der Waals surface area contributed by atoms with Gasteiger partial charge in [0.15, 0.2) is 11.5 Å². The summed E-state index contributed by atoms with van der Waals surface area (Å²) in [5.41, 5.74) is 4.33. The molecule has 0 radical (unpaired) electrons. The van der Waals surface area contributed by atoms with Crippen LogP contribution in [0.2, 0.25) is 0 Å². The molecule has 0 aromatic heterocycles. The maximum absolute atomic E-state index is 5.32. The lowest BCUT2D eigenvalue weighted by atomic mass is 10.1. The number of hydrogen-bond donors (Lipinski definition) is 0. The van der Waals surface area contributed by atoms with E-state index >= 15 is 0 Å². The van der Waals surface area contributed by atoms with E-state index in [4.69, 9.17) is 9.47 Å². The first-order valence-corrected chi connectivity index (χ1v) is 7.38. The fraction of sp³-hybridized carbons (Fsp3) is 0.235. The van der Waals surface area contributed by atoms with Gasteiger partial charge in [-0.1, -0.05) is 12.1 Å². The molecule has 0 atom stereocenters. The quantitative estimate of drug-likeness (QED) is 0.741. The Hall–Kier alpha value is -1.81. The SMILES string of the molecule is COc1cc(Br)c(C=Nc2cccc(C)c2C)cc1OC. The molecule has 0 heterocycles. The molecule has 0 aliphatic rings. The Morgan fingerprint density at radius 3 is 2.38 bits per heavy atom. The smallest absolute Gasteiger partial charge is 0.161 e. The van der Waals surface area contributed by atoms with Crippen molar-refractivity contribution in [3.8, 4) is 11.5 Å². The van der Waals surface area contributed by atoms with E-state index in [1.807, 2.05) is 30.5 Å². The second-order valence-electron chi connectivity index (χ2n) is 4.71. The van der Waals surface area contributed by atoms with Crippen molar-refractivity contribution in [2.45, 2.75) is 13.8 Å². The molecule has 2 aromatic rings. The van der Waals surface area contributed by atoms with Gasteiger partial charge in [-0.3, -0.25) is 4.99 Å². The van der Waals surface area contributed by atoms with Gasteiger partial charge in [0.05, 0.1) is 19.9 Å². The van der Waals surface area contributed by atoms with Crippen molar-refractivity contribution in [1.82, 2.24) is 0 Å². The predicted molar refractivity (Wildman–Crippen MR) is 90.4 cm³/mol. The molecule has 4 heteroatoms. The molecule has 2 rings (SSSR count). The van der Waals surface area contributed by atoms with Crippen molar-refractivity contribution in [1.29, 1.82) is 0 Å². The standard InChI is InChI=1S/C17H18BrNO2/c1-11-6-5-7-15(12(11)2)19-10-13-8-16(20-3)17(21-4)9-14(13)18/h5-10H,1-4H3. The summed E-state index contributed by atoms with van der Waals surface area (Å²) in [5, 5.41) is 0. The molecule has 0 spiro atoms. The van der Waals surface area contributed by atoms with E-state index in [-0.39, 0.29) is 0 Å². The third kappa shape index (κ3) is 3.45. The lowest BCUT2D eigenvalue weighted by Gasteiger charge is -2.09. The average Bonchev–Trinajstić information content (AvgIpc) is 2.49. The Kier molecular flexibility index (Phi) is 5.02. The van der Waals surface area contributed by atoms with E-state index in [0.717, 1.165) is 15.7 Å². The summed E-state index contributed by atoms with van der Waals surface area (Å²) in [6, 6.07) is 9.88. The number of benzene rings is 2. The minimum Gasteiger partial charge on any atom is -0.493 e. The molecule has 0 unspecified atom stereocenters. The van der Waals surface area contributed by atoms with E-state index in [2.05, 4.69) is 40.8 Å². The van der Waals surface area contributed by atoms with Crippen LogP contribution in [-0.2, 0) is 0 Å². The zero-order chi connectivity index (χ0) is 15.4. The molecule has 0 aliphatic heterocycles. The molecule has 0 saturated heterocycles. The second-order valence-corrected chi connectivity index (χ2v) is 5.56. The van der Waals surface area contributed by atoms with Crippen LogP contribution in [0.3, 0.4) is 0 Å². The highest BCUT2D eigenvalue weighted by molar-refractivity contribution is 9.10. The fourth-order valence-corrected chi connectivity index (χ4v) is 2.41. The van der Waals surface area contributed by atoms with Gasteiger partial charge in [0.2, 0.25) is 0 Å². The molecule has 0 aliphatic carbocycles. The highest BCUT2D eigenvalue weighted by Gasteiger charge is 2.08. The molecule has 0 fully saturated rings. The summed E-state index contributed by atoms with van der Waals surface area (Å²) in [6.45, 7) is 4.16. The first-order chi connectivity index (χ1) is 10.1. The zero-order valence-corrected chi connectivity index (χ0v) is 14.2. The minimum absolute atomic E-state index is 0.683. The predicted octanol–water partition coefficient (Wildman–Crippen LogP) is 4.83. The second kappa shape index (κ2) is 6.76. The van der Waals surface area contributed by atoms with Gasteiger partial charge >= 0.3 is 0 Å². The molecular weight excluding hydrogens is 330 g/mol. The highest BCUT2D eigenvalue weighted by Crippen LogP contribution is 2.33. The Bertz CT molecular complexity index is 681. The monoisotopic (exact) mass is 347 g/mol. The highest BCUT2D eigenvalue weighted by atomic mass is 79.9. The number of ether oxygens (including phenoxy) is 2. The van der Waals surface area contributed by atoms with Crippen LogP contribution in [0.5, 0.6) is 11.5 Å². The van der Waals surface area contributed by atoms with Crippen LogP contribution in [0.4, 0.5) is 5.69 Å². The molecule has 0 saturated carbocycles. The van der Waals surface area contributed by atoms with E-state index in [9.17, 15) is 0 Å². The number of rotatable bonds is 4. The summed E-state index contributed by atoms with van der Waals surface area (Å²) in [7, 11) is 3.24. The van der Waals surface area contributed by atoms with E-state index in [1.165, 1.54) is 11.1 Å². The number of hydrogen-bond acceptors (Lipinski definition) is 3. The summed E-state index contributed by atoms with van der Waals surface area (Å²) in [4.78, 5) is 4.58. The molecule has 0 bridgehead atoms. The lowest BCUT2D eigenvalue weighted by Crippen LogP contribution is -1.93. The third-order valence-electron chi connectivity index (χ3n) is 3.42. The average molecular weight is 348 g/mol. The van der Waals surface area contributed by atoms with Gasteiger partial charge in [-0.05, 0) is 59.1 Å². The van der Waals surface area contributed by atoms with Crippen LogP contribution in [0.15, 0.2) is 39.8 Å². The van der Waals surface area contributed by atoms with Gasteiger partial charge in [-0.2, -0.15) is 0 Å². The number of halogens is 1. The molecular formula is C17H18BrNO2. The lowest BCUT2D eigenvalue weighted by molar-refractivity contribution is 0.354. The normalized spacial score (nSPS) is 10.9. The van der Waals surface area contributed by atoms with Gasteiger partial charge in [-0.25, -0.2) is 0 Å². The van der Waals surface area contributed by atoms with Crippen LogP contribution in [0.25, 0.3) is 0 Å². The summed E-state index contributed by atoms with van der Waals surface area (Å²) in [5.74, 6) is 1.37. The Morgan fingerprint density at radius 2 is 1.71 bits per heavy atom. The van der Waals surface area contributed by atoms with E-state index in [0.29, 0.717) is 11.5 Å². The van der Waals surface area contributed by atoms with Gasteiger partial charge in [0.1, 0.15) is 0 Å². The summed E-state index contributed by atoms with van der Waals surface area (Å²) < 4.78 is 11.5. The third-order valence-corrected chi connectivity index (χ3v) is 4.11. The van der Waals surface area contributed by atoms with Gasteiger partial charge in [0.25, 0.3) is 0 Å². The summed E-state index contributed by atoms with van der Waals surface area (Å²) >= 11 is 3.53. The van der Waals surface area contributed by atoms with Crippen molar-refractivity contribution in [2.24, 2.45) is 4.99 Å². The number of aliphatic imine (C=N–C) groups is 1. The van der Waals surface area contributed by atoms with Crippen molar-refractivity contribution < 1.29 is 9.47 Å². The molecule has 0 N–H and O–H groups in total. The van der Waals surface area contributed by atoms with Gasteiger partial charge in [0, 0.05) is 16.3 Å². The number of nitrogens with zero attached hydrogens (tertiary/aromatic N) is 1. The van der Waals surface area contributed by atoms with Crippen LogP contribution in [-0.4, -0.2) is 20.4 Å².